The summed E-state index contributed by atoms with van der Waals surface area (Å²) in [5.41, 5.74) is 3.12. The summed E-state index contributed by atoms with van der Waals surface area (Å²) < 4.78 is 0. The number of hydrogen-bond acceptors (Lipinski definition) is 2. The van der Waals surface area contributed by atoms with E-state index in [4.69, 9.17) is 0 Å². The van der Waals surface area contributed by atoms with Gasteiger partial charge in [-0.05, 0) is 56.3 Å². The molecular weight excluding hydrogens is 190 g/mol. The molecule has 0 aliphatic carbocycles. The summed E-state index contributed by atoms with van der Waals surface area (Å²) in [7, 11) is 0. The fourth-order valence-electron chi connectivity index (χ4n) is 2.12. The van der Waals surface area contributed by atoms with Crippen molar-refractivity contribution < 1.29 is 0 Å². The number of hydrogen-bond donors (Lipinski definition) is 1. The van der Waals surface area contributed by atoms with Gasteiger partial charge in [0.15, 0.2) is 0 Å². The summed E-state index contributed by atoms with van der Waals surface area (Å²) >= 11 is 1.82. The van der Waals surface area contributed by atoms with Gasteiger partial charge < -0.3 is 5.32 Å². The summed E-state index contributed by atoms with van der Waals surface area (Å²) in [6, 6.07) is 6.83. The van der Waals surface area contributed by atoms with Crippen molar-refractivity contribution in [1.29, 1.82) is 0 Å². The Bertz CT molecular complexity index is 344. The van der Waals surface area contributed by atoms with Crippen LogP contribution in [0, 0.1) is 0 Å². The largest absolute Gasteiger partial charge is 0.307 e. The first-order valence-electron chi connectivity index (χ1n) is 5.06. The standard InChI is InChI=1S/C12H17NS/c1-12(2)11-5-4-10(14-3)8-9(11)6-7-13-12/h4-5,8,13H,6-7H2,1-3H3. The zero-order chi connectivity index (χ0) is 10.2. The number of nitrogens with one attached hydrogen (secondary N) is 1. The van der Waals surface area contributed by atoms with Gasteiger partial charge in [-0.25, -0.2) is 0 Å². The molecule has 0 fully saturated rings. The second-order valence-electron chi connectivity index (χ2n) is 4.32. The van der Waals surface area contributed by atoms with Crippen LogP contribution in [0.2, 0.25) is 0 Å². The van der Waals surface area contributed by atoms with Crippen LogP contribution in [-0.2, 0) is 12.0 Å². The van der Waals surface area contributed by atoms with Gasteiger partial charge in [-0.15, -0.1) is 11.8 Å². The first-order chi connectivity index (χ1) is 6.63. The Labute approximate surface area is 90.3 Å². The van der Waals surface area contributed by atoms with Gasteiger partial charge in [-0.3, -0.25) is 0 Å². The highest BCUT2D eigenvalue weighted by molar-refractivity contribution is 7.98. The first-order valence-corrected chi connectivity index (χ1v) is 6.28. The molecule has 0 unspecified atom stereocenters. The summed E-state index contributed by atoms with van der Waals surface area (Å²) in [6.07, 6.45) is 3.29. The lowest BCUT2D eigenvalue weighted by atomic mass is 9.85. The normalized spacial score (nSPS) is 19.1. The molecule has 0 atom stereocenters. The Morgan fingerprint density at radius 2 is 2.14 bits per heavy atom. The van der Waals surface area contributed by atoms with Crippen molar-refractivity contribution >= 4 is 11.8 Å². The topological polar surface area (TPSA) is 12.0 Å². The molecule has 0 aromatic heterocycles. The third-order valence-corrected chi connectivity index (χ3v) is 3.67. The summed E-state index contributed by atoms with van der Waals surface area (Å²) in [5.74, 6) is 0. The molecule has 1 N–H and O–H groups in total. The molecule has 0 radical (unpaired) electrons. The van der Waals surface area contributed by atoms with E-state index in [1.165, 1.54) is 16.0 Å². The van der Waals surface area contributed by atoms with E-state index in [1.807, 2.05) is 11.8 Å². The molecule has 1 nitrogen and oxygen atoms in total. The Kier molecular flexibility index (Phi) is 2.58. The van der Waals surface area contributed by atoms with Gasteiger partial charge in [0.05, 0.1) is 0 Å². The smallest absolute Gasteiger partial charge is 0.0380 e. The van der Waals surface area contributed by atoms with E-state index in [0.29, 0.717) is 0 Å². The van der Waals surface area contributed by atoms with Gasteiger partial charge in [-0.1, -0.05) is 6.07 Å². The van der Waals surface area contributed by atoms with Gasteiger partial charge in [0, 0.05) is 10.4 Å². The third-order valence-electron chi connectivity index (χ3n) is 2.95. The lowest BCUT2D eigenvalue weighted by molar-refractivity contribution is 0.382. The fourth-order valence-corrected chi connectivity index (χ4v) is 2.58. The molecule has 1 aromatic rings. The molecule has 0 spiro atoms. The Hall–Kier alpha value is -0.470. The van der Waals surface area contributed by atoms with Crippen LogP contribution >= 0.6 is 11.8 Å². The molecule has 2 rings (SSSR count). The Balaban J connectivity index is 2.46. The number of thioether (sulfide) groups is 1. The van der Waals surface area contributed by atoms with Gasteiger partial charge in [0.25, 0.3) is 0 Å². The molecule has 1 aromatic carbocycles. The van der Waals surface area contributed by atoms with Crippen LogP contribution in [0.3, 0.4) is 0 Å². The third kappa shape index (κ3) is 1.69. The van der Waals surface area contributed by atoms with E-state index in [-0.39, 0.29) is 5.54 Å². The van der Waals surface area contributed by atoms with E-state index in [2.05, 4.69) is 43.6 Å². The lowest BCUT2D eigenvalue weighted by Gasteiger charge is -2.34. The maximum atomic E-state index is 3.55. The number of fused-ring (bicyclic) bond motifs is 1. The monoisotopic (exact) mass is 207 g/mol. The number of benzene rings is 1. The van der Waals surface area contributed by atoms with E-state index in [0.717, 1.165) is 13.0 Å². The van der Waals surface area contributed by atoms with Gasteiger partial charge in [-0.2, -0.15) is 0 Å². The van der Waals surface area contributed by atoms with E-state index >= 15 is 0 Å². The van der Waals surface area contributed by atoms with Crippen molar-refractivity contribution in [3.63, 3.8) is 0 Å². The molecule has 2 heteroatoms. The SMILES string of the molecule is CSc1ccc2c(c1)CCNC2(C)C. The van der Waals surface area contributed by atoms with Crippen molar-refractivity contribution in [1.82, 2.24) is 5.32 Å². The van der Waals surface area contributed by atoms with E-state index in [1.54, 1.807) is 0 Å². The fraction of sp³-hybridized carbons (Fsp3) is 0.500. The van der Waals surface area contributed by atoms with Crippen molar-refractivity contribution in [2.24, 2.45) is 0 Å². The van der Waals surface area contributed by atoms with Gasteiger partial charge in [0.2, 0.25) is 0 Å². The molecule has 0 saturated carbocycles. The zero-order valence-corrected chi connectivity index (χ0v) is 9.87. The highest BCUT2D eigenvalue weighted by atomic mass is 32.2. The Morgan fingerprint density at radius 1 is 1.36 bits per heavy atom. The van der Waals surface area contributed by atoms with Crippen LogP contribution in [-0.4, -0.2) is 12.8 Å². The molecule has 1 aliphatic heterocycles. The van der Waals surface area contributed by atoms with Gasteiger partial charge in [0.1, 0.15) is 0 Å². The molecule has 76 valence electrons. The molecule has 0 saturated heterocycles. The highest BCUT2D eigenvalue weighted by Gasteiger charge is 2.26. The average Bonchev–Trinajstić information content (AvgIpc) is 2.16. The van der Waals surface area contributed by atoms with Crippen LogP contribution in [0.5, 0.6) is 0 Å². The highest BCUT2D eigenvalue weighted by Crippen LogP contribution is 2.30. The molecule has 0 bridgehead atoms. The molecule has 1 heterocycles. The molecule has 0 amide bonds. The van der Waals surface area contributed by atoms with Crippen LogP contribution in [0.4, 0.5) is 0 Å². The van der Waals surface area contributed by atoms with Crippen molar-refractivity contribution in [2.45, 2.75) is 30.7 Å². The van der Waals surface area contributed by atoms with Gasteiger partial charge >= 0.3 is 0 Å². The van der Waals surface area contributed by atoms with Crippen LogP contribution in [0.15, 0.2) is 23.1 Å². The Morgan fingerprint density at radius 3 is 2.86 bits per heavy atom. The summed E-state index contributed by atoms with van der Waals surface area (Å²) in [5, 5.41) is 3.55. The quantitative estimate of drug-likeness (QED) is 0.711. The molecular formula is C12H17NS. The predicted octanol–water partition coefficient (Wildman–Crippen LogP) is 2.79. The minimum Gasteiger partial charge on any atom is -0.307 e. The molecule has 14 heavy (non-hydrogen) atoms. The maximum absolute atomic E-state index is 3.55. The van der Waals surface area contributed by atoms with Crippen LogP contribution in [0.25, 0.3) is 0 Å². The van der Waals surface area contributed by atoms with Crippen LogP contribution < -0.4 is 5.32 Å². The lowest BCUT2D eigenvalue weighted by Crippen LogP contribution is -2.42. The van der Waals surface area contributed by atoms with E-state index in [9.17, 15) is 0 Å². The zero-order valence-electron chi connectivity index (χ0n) is 9.05. The first kappa shape index (κ1) is 10.1. The van der Waals surface area contributed by atoms with Crippen molar-refractivity contribution in [2.75, 3.05) is 12.8 Å². The average molecular weight is 207 g/mol. The predicted molar refractivity (Wildman–Crippen MR) is 63.0 cm³/mol. The van der Waals surface area contributed by atoms with Crippen molar-refractivity contribution in [3.8, 4) is 0 Å². The second-order valence-corrected chi connectivity index (χ2v) is 5.20. The van der Waals surface area contributed by atoms with E-state index < -0.39 is 0 Å². The van der Waals surface area contributed by atoms with Crippen molar-refractivity contribution in [3.05, 3.63) is 29.3 Å². The minimum absolute atomic E-state index is 0.143. The summed E-state index contributed by atoms with van der Waals surface area (Å²) in [4.78, 5) is 1.38. The minimum atomic E-state index is 0.143. The second kappa shape index (κ2) is 3.59. The summed E-state index contributed by atoms with van der Waals surface area (Å²) in [6.45, 7) is 5.60. The number of rotatable bonds is 1. The molecule has 1 aliphatic rings. The van der Waals surface area contributed by atoms with Crippen LogP contribution in [0.1, 0.15) is 25.0 Å². The maximum Gasteiger partial charge on any atom is 0.0380 e.